The summed E-state index contributed by atoms with van der Waals surface area (Å²) in [6, 6.07) is 6.55. The van der Waals surface area contributed by atoms with Gasteiger partial charge in [-0.3, -0.25) is 0 Å². The minimum atomic E-state index is 0.863. The number of hydrogen-bond donors (Lipinski definition) is 2. The van der Waals surface area contributed by atoms with Crippen LogP contribution >= 0.6 is 15.9 Å². The van der Waals surface area contributed by atoms with Crippen molar-refractivity contribution in [2.24, 2.45) is 5.92 Å². The lowest BCUT2D eigenvalue weighted by molar-refractivity contribution is 0.359. The molecule has 2 heterocycles. The van der Waals surface area contributed by atoms with Gasteiger partial charge >= 0.3 is 0 Å². The first-order valence-electron chi connectivity index (χ1n) is 7.32. The minimum absolute atomic E-state index is 0.863. The zero-order valence-corrected chi connectivity index (χ0v) is 12.9. The van der Waals surface area contributed by atoms with E-state index >= 15 is 0 Å². The summed E-state index contributed by atoms with van der Waals surface area (Å²) in [6.45, 7) is 5.77. The van der Waals surface area contributed by atoms with Crippen molar-refractivity contribution in [2.75, 3.05) is 42.9 Å². The summed E-state index contributed by atoms with van der Waals surface area (Å²) in [4.78, 5) is 2.53. The molecule has 0 aromatic heterocycles. The Labute approximate surface area is 123 Å². The van der Waals surface area contributed by atoms with Crippen molar-refractivity contribution in [3.8, 4) is 0 Å². The first-order chi connectivity index (χ1) is 9.33. The molecule has 1 atom stereocenters. The zero-order valence-electron chi connectivity index (χ0n) is 11.3. The van der Waals surface area contributed by atoms with Crippen molar-refractivity contribution in [1.82, 2.24) is 5.32 Å². The number of halogens is 1. The van der Waals surface area contributed by atoms with Gasteiger partial charge in [0.1, 0.15) is 0 Å². The average molecular weight is 324 g/mol. The highest BCUT2D eigenvalue weighted by molar-refractivity contribution is 9.10. The first-order valence-corrected chi connectivity index (χ1v) is 8.11. The van der Waals surface area contributed by atoms with Crippen LogP contribution in [0.3, 0.4) is 0 Å². The fraction of sp³-hybridized carbons (Fsp3) is 0.600. The van der Waals surface area contributed by atoms with Crippen molar-refractivity contribution in [3.05, 3.63) is 22.7 Å². The highest BCUT2D eigenvalue weighted by Gasteiger charge is 2.19. The summed E-state index contributed by atoms with van der Waals surface area (Å²) in [5.41, 5.74) is 2.63. The van der Waals surface area contributed by atoms with Crippen molar-refractivity contribution in [1.29, 1.82) is 0 Å². The average Bonchev–Trinajstić information content (AvgIpc) is 2.45. The van der Waals surface area contributed by atoms with E-state index in [1.165, 1.54) is 50.3 Å². The monoisotopic (exact) mass is 323 g/mol. The van der Waals surface area contributed by atoms with E-state index in [4.69, 9.17) is 0 Å². The molecule has 1 aromatic carbocycles. The van der Waals surface area contributed by atoms with E-state index in [1.807, 2.05) is 0 Å². The molecule has 1 unspecified atom stereocenters. The lowest BCUT2D eigenvalue weighted by atomic mass is 9.96. The van der Waals surface area contributed by atoms with E-state index < -0.39 is 0 Å². The van der Waals surface area contributed by atoms with Crippen molar-refractivity contribution < 1.29 is 0 Å². The van der Waals surface area contributed by atoms with Crippen molar-refractivity contribution in [2.45, 2.75) is 19.3 Å². The van der Waals surface area contributed by atoms with Crippen molar-refractivity contribution >= 4 is 27.3 Å². The summed E-state index contributed by atoms with van der Waals surface area (Å²) in [5.74, 6) is 0.863. The fourth-order valence-electron chi connectivity index (χ4n) is 3.11. The molecule has 2 aliphatic rings. The topological polar surface area (TPSA) is 27.3 Å². The number of fused-ring (bicyclic) bond motifs is 1. The van der Waals surface area contributed by atoms with Gasteiger partial charge in [0.2, 0.25) is 0 Å². The maximum atomic E-state index is 3.55. The van der Waals surface area contributed by atoms with Gasteiger partial charge in [0, 0.05) is 24.1 Å². The summed E-state index contributed by atoms with van der Waals surface area (Å²) < 4.78 is 1.15. The molecule has 104 valence electrons. The normalized spacial score (nSPS) is 22.8. The molecule has 1 aromatic rings. The van der Waals surface area contributed by atoms with Gasteiger partial charge in [-0.05, 0) is 56.5 Å². The number of hydrogen-bond acceptors (Lipinski definition) is 3. The number of piperidine rings is 1. The second-order valence-corrected chi connectivity index (χ2v) is 6.49. The first kappa shape index (κ1) is 13.3. The molecule has 4 heteroatoms. The van der Waals surface area contributed by atoms with E-state index in [2.05, 4.69) is 49.7 Å². The van der Waals surface area contributed by atoms with E-state index in [0.29, 0.717) is 0 Å². The van der Waals surface area contributed by atoms with Gasteiger partial charge in [-0.25, -0.2) is 0 Å². The zero-order chi connectivity index (χ0) is 13.1. The van der Waals surface area contributed by atoms with E-state index in [1.54, 1.807) is 0 Å². The van der Waals surface area contributed by atoms with Crippen LogP contribution in [0.15, 0.2) is 22.7 Å². The molecule has 1 fully saturated rings. The molecule has 2 N–H and O–H groups in total. The Hall–Kier alpha value is -0.740. The lowest BCUT2D eigenvalue weighted by Crippen LogP contribution is -2.37. The molecular weight excluding hydrogens is 302 g/mol. The highest BCUT2D eigenvalue weighted by atomic mass is 79.9. The fourth-order valence-corrected chi connectivity index (χ4v) is 3.47. The van der Waals surface area contributed by atoms with Gasteiger partial charge < -0.3 is 15.5 Å². The molecule has 2 aliphatic heterocycles. The summed E-state index contributed by atoms with van der Waals surface area (Å²) in [6.07, 6.45) is 4.05. The highest BCUT2D eigenvalue weighted by Crippen LogP contribution is 2.32. The molecule has 3 rings (SSSR count). The Morgan fingerprint density at radius 3 is 3.11 bits per heavy atom. The van der Waals surface area contributed by atoms with Gasteiger partial charge in [-0.2, -0.15) is 0 Å². The number of rotatable bonds is 3. The van der Waals surface area contributed by atoms with Crippen LogP contribution in [-0.4, -0.2) is 32.7 Å². The van der Waals surface area contributed by atoms with Crippen LogP contribution in [0.1, 0.15) is 19.3 Å². The third kappa shape index (κ3) is 3.23. The van der Waals surface area contributed by atoms with E-state index in [-0.39, 0.29) is 0 Å². The Kier molecular flexibility index (Phi) is 4.28. The standard InChI is InChI=1S/C15H22BrN3/c16-13-3-4-15-14(10-13)18-7-9-19(15)8-5-12-2-1-6-17-11-12/h3-4,10,12,17-18H,1-2,5-9,11H2. The summed E-state index contributed by atoms with van der Waals surface area (Å²) in [7, 11) is 0. The number of benzene rings is 1. The van der Waals surface area contributed by atoms with Crippen LogP contribution in [0.5, 0.6) is 0 Å². The van der Waals surface area contributed by atoms with Crippen LogP contribution in [0.4, 0.5) is 11.4 Å². The van der Waals surface area contributed by atoms with Crippen LogP contribution in [-0.2, 0) is 0 Å². The van der Waals surface area contributed by atoms with Gasteiger partial charge in [-0.1, -0.05) is 15.9 Å². The van der Waals surface area contributed by atoms with Gasteiger partial charge in [-0.15, -0.1) is 0 Å². The second kappa shape index (κ2) is 6.14. The molecule has 0 aliphatic carbocycles. The predicted octanol–water partition coefficient (Wildman–Crippen LogP) is 3.07. The SMILES string of the molecule is Brc1ccc2c(c1)NCCN2CCC1CCCNC1. The quantitative estimate of drug-likeness (QED) is 0.895. The van der Waals surface area contributed by atoms with Crippen molar-refractivity contribution in [3.63, 3.8) is 0 Å². The van der Waals surface area contributed by atoms with Gasteiger partial charge in [0.25, 0.3) is 0 Å². The molecule has 1 saturated heterocycles. The van der Waals surface area contributed by atoms with Crippen LogP contribution in [0.25, 0.3) is 0 Å². The Bertz CT molecular complexity index is 429. The Balaban J connectivity index is 1.63. The number of nitrogens with zero attached hydrogens (tertiary/aromatic N) is 1. The van der Waals surface area contributed by atoms with Crippen LogP contribution in [0, 0.1) is 5.92 Å². The smallest absolute Gasteiger partial charge is 0.0603 e. The molecule has 0 radical (unpaired) electrons. The largest absolute Gasteiger partial charge is 0.382 e. The van der Waals surface area contributed by atoms with Gasteiger partial charge in [0.15, 0.2) is 0 Å². The second-order valence-electron chi connectivity index (χ2n) is 5.58. The van der Waals surface area contributed by atoms with Gasteiger partial charge in [0.05, 0.1) is 11.4 Å². The minimum Gasteiger partial charge on any atom is -0.382 e. The predicted molar refractivity (Wildman–Crippen MR) is 85.1 cm³/mol. The van der Waals surface area contributed by atoms with E-state index in [9.17, 15) is 0 Å². The number of anilines is 2. The Morgan fingerprint density at radius 2 is 2.26 bits per heavy atom. The Morgan fingerprint density at radius 1 is 1.32 bits per heavy atom. The summed E-state index contributed by atoms with van der Waals surface area (Å²) in [5, 5.41) is 7.00. The molecule has 3 nitrogen and oxygen atoms in total. The van der Waals surface area contributed by atoms with Crippen LogP contribution < -0.4 is 15.5 Å². The maximum Gasteiger partial charge on any atom is 0.0603 e. The number of nitrogens with one attached hydrogen (secondary N) is 2. The third-order valence-electron chi connectivity index (χ3n) is 4.20. The lowest BCUT2D eigenvalue weighted by Gasteiger charge is -2.34. The molecule has 0 amide bonds. The molecule has 0 spiro atoms. The molecule has 0 bridgehead atoms. The van der Waals surface area contributed by atoms with Crippen LogP contribution in [0.2, 0.25) is 0 Å². The maximum absolute atomic E-state index is 3.55. The molecular formula is C15H22BrN3. The van der Waals surface area contributed by atoms with E-state index in [0.717, 1.165) is 23.5 Å². The third-order valence-corrected chi connectivity index (χ3v) is 4.70. The molecule has 19 heavy (non-hydrogen) atoms. The summed E-state index contributed by atoms with van der Waals surface area (Å²) >= 11 is 3.55. The molecule has 0 saturated carbocycles.